The summed E-state index contributed by atoms with van der Waals surface area (Å²) >= 11 is 0. The molecule has 3 heteroatoms. The predicted octanol–water partition coefficient (Wildman–Crippen LogP) is 2.92. The highest BCUT2D eigenvalue weighted by atomic mass is 16.4. The third-order valence-corrected chi connectivity index (χ3v) is 4.23. The van der Waals surface area contributed by atoms with Crippen molar-refractivity contribution < 1.29 is 9.90 Å². The lowest BCUT2D eigenvalue weighted by Crippen LogP contribution is -2.58. The van der Waals surface area contributed by atoms with E-state index in [-0.39, 0.29) is 11.1 Å². The van der Waals surface area contributed by atoms with Gasteiger partial charge in [-0.05, 0) is 59.9 Å². The molecule has 1 fully saturated rings. The normalized spacial score (nSPS) is 24.5. The van der Waals surface area contributed by atoms with E-state index in [4.69, 9.17) is 5.11 Å². The van der Waals surface area contributed by atoms with Crippen molar-refractivity contribution in [2.24, 2.45) is 5.92 Å². The van der Waals surface area contributed by atoms with E-state index in [1.54, 1.807) is 0 Å². The molecule has 0 aromatic heterocycles. The van der Waals surface area contributed by atoms with E-state index in [0.717, 1.165) is 12.8 Å². The highest BCUT2D eigenvalue weighted by Gasteiger charge is 2.43. The first-order valence-electron chi connectivity index (χ1n) is 6.21. The van der Waals surface area contributed by atoms with Crippen molar-refractivity contribution in [3.05, 3.63) is 12.2 Å². The summed E-state index contributed by atoms with van der Waals surface area (Å²) in [5.74, 6) is -0.445. The molecule has 0 aromatic carbocycles. The second kappa shape index (κ2) is 4.45. The fourth-order valence-corrected chi connectivity index (χ4v) is 3.16. The molecule has 3 nitrogen and oxygen atoms in total. The minimum Gasteiger partial charge on any atom is -0.478 e. The van der Waals surface area contributed by atoms with Gasteiger partial charge in [-0.2, -0.15) is 0 Å². The number of likely N-dealkylation sites (tertiary alicyclic amines) is 1. The highest BCUT2D eigenvalue weighted by molar-refractivity contribution is 5.85. The maximum atomic E-state index is 10.9. The Morgan fingerprint density at radius 3 is 2.06 bits per heavy atom. The quantitative estimate of drug-likeness (QED) is 0.770. The summed E-state index contributed by atoms with van der Waals surface area (Å²) in [7, 11) is 2.15. The molecule has 98 valence electrons. The molecule has 17 heavy (non-hydrogen) atoms. The van der Waals surface area contributed by atoms with Crippen molar-refractivity contribution in [2.45, 2.75) is 58.0 Å². The zero-order valence-electron chi connectivity index (χ0n) is 11.7. The number of hydrogen-bond donors (Lipinski definition) is 1. The van der Waals surface area contributed by atoms with E-state index < -0.39 is 5.97 Å². The molecule has 1 rings (SSSR count). The first kappa shape index (κ1) is 14.2. The number of hydrogen-bond acceptors (Lipinski definition) is 2. The Kier molecular flexibility index (Phi) is 3.72. The number of rotatable bonds is 3. The smallest absolute Gasteiger partial charge is 0.330 e. The van der Waals surface area contributed by atoms with Gasteiger partial charge < -0.3 is 5.11 Å². The molecule has 1 heterocycles. The molecule has 0 atom stereocenters. The van der Waals surface area contributed by atoms with Gasteiger partial charge in [-0.15, -0.1) is 0 Å². The third kappa shape index (κ3) is 3.09. The van der Waals surface area contributed by atoms with E-state index in [2.05, 4.69) is 46.2 Å². The number of carboxylic acid groups (broad SMARTS) is 1. The average molecular weight is 239 g/mol. The molecule has 0 bridgehead atoms. The largest absolute Gasteiger partial charge is 0.478 e. The van der Waals surface area contributed by atoms with Crippen LogP contribution < -0.4 is 0 Å². The molecular weight excluding hydrogens is 214 g/mol. The van der Waals surface area contributed by atoms with Gasteiger partial charge in [0.25, 0.3) is 0 Å². The van der Waals surface area contributed by atoms with Crippen molar-refractivity contribution in [3.63, 3.8) is 0 Å². The predicted molar refractivity (Wildman–Crippen MR) is 70.0 cm³/mol. The van der Waals surface area contributed by atoms with Crippen LogP contribution >= 0.6 is 0 Å². The molecule has 0 radical (unpaired) electrons. The summed E-state index contributed by atoms with van der Waals surface area (Å²) in [5, 5.41) is 8.91. The topological polar surface area (TPSA) is 40.5 Å². The van der Waals surface area contributed by atoms with Gasteiger partial charge in [-0.1, -0.05) is 6.58 Å². The monoisotopic (exact) mass is 239 g/mol. The van der Waals surface area contributed by atoms with Crippen molar-refractivity contribution >= 4 is 5.97 Å². The lowest BCUT2D eigenvalue weighted by Gasteiger charge is -2.53. The molecule has 1 aliphatic rings. The molecule has 1 N–H and O–H groups in total. The van der Waals surface area contributed by atoms with Crippen LogP contribution in [0.2, 0.25) is 0 Å². The molecule has 0 amide bonds. The van der Waals surface area contributed by atoms with Crippen LogP contribution in [0.15, 0.2) is 12.2 Å². The van der Waals surface area contributed by atoms with Gasteiger partial charge in [0, 0.05) is 16.7 Å². The Hall–Kier alpha value is -0.830. The van der Waals surface area contributed by atoms with Gasteiger partial charge >= 0.3 is 5.97 Å². The second-order valence-electron chi connectivity index (χ2n) is 6.57. The molecule has 0 aromatic rings. The summed E-state index contributed by atoms with van der Waals surface area (Å²) in [6, 6.07) is 0. The molecule has 0 aliphatic carbocycles. The Labute approximate surface area is 105 Å². The Bertz CT molecular complexity index is 313. The number of carbonyl (C=O) groups is 1. The summed E-state index contributed by atoms with van der Waals surface area (Å²) in [4.78, 5) is 13.3. The lowest BCUT2D eigenvalue weighted by atomic mass is 9.72. The van der Waals surface area contributed by atoms with Crippen LogP contribution in [0, 0.1) is 5.92 Å². The first-order valence-corrected chi connectivity index (χ1v) is 6.21. The van der Waals surface area contributed by atoms with Gasteiger partial charge in [-0.25, -0.2) is 4.79 Å². The van der Waals surface area contributed by atoms with E-state index in [0.29, 0.717) is 17.9 Å². The lowest BCUT2D eigenvalue weighted by molar-refractivity contribution is -0.133. The molecule has 0 saturated carbocycles. The molecule has 0 unspecified atom stereocenters. The van der Waals surface area contributed by atoms with Crippen molar-refractivity contribution in [1.29, 1.82) is 0 Å². The van der Waals surface area contributed by atoms with Crippen LogP contribution in [0.5, 0.6) is 0 Å². The summed E-state index contributed by atoms with van der Waals surface area (Å²) in [6.45, 7) is 12.6. The van der Waals surface area contributed by atoms with E-state index in [9.17, 15) is 4.79 Å². The van der Waals surface area contributed by atoms with E-state index in [1.807, 2.05) is 0 Å². The number of piperidine rings is 1. The number of carboxylic acids is 1. The van der Waals surface area contributed by atoms with Gasteiger partial charge in [0.15, 0.2) is 0 Å². The van der Waals surface area contributed by atoms with Gasteiger partial charge in [0.1, 0.15) is 0 Å². The van der Waals surface area contributed by atoms with Crippen LogP contribution in [-0.4, -0.2) is 34.1 Å². The number of nitrogens with zero attached hydrogens (tertiary/aromatic N) is 1. The summed E-state index contributed by atoms with van der Waals surface area (Å²) in [5.41, 5.74) is 0.572. The first-order chi connectivity index (χ1) is 7.56. The average Bonchev–Trinajstić information content (AvgIpc) is 2.12. The van der Waals surface area contributed by atoms with Crippen LogP contribution in [-0.2, 0) is 4.79 Å². The van der Waals surface area contributed by atoms with Crippen LogP contribution in [0.3, 0.4) is 0 Å². The van der Waals surface area contributed by atoms with Gasteiger partial charge in [-0.3, -0.25) is 4.90 Å². The summed E-state index contributed by atoms with van der Waals surface area (Å²) in [6.07, 6.45) is 2.66. The zero-order chi connectivity index (χ0) is 13.4. The third-order valence-electron chi connectivity index (χ3n) is 4.23. The van der Waals surface area contributed by atoms with Crippen LogP contribution in [0.4, 0.5) is 0 Å². The fraction of sp³-hybridized carbons (Fsp3) is 0.786. The van der Waals surface area contributed by atoms with E-state index >= 15 is 0 Å². The Morgan fingerprint density at radius 1 is 1.29 bits per heavy atom. The Balaban J connectivity index is 2.78. The standard InChI is InChI=1S/C14H25NO2/c1-10(12(16)17)7-11-8-13(2,3)15(6)14(4,5)9-11/h11H,1,7-9H2,2-6H3,(H,16,17). The van der Waals surface area contributed by atoms with Crippen LogP contribution in [0.25, 0.3) is 0 Å². The zero-order valence-corrected chi connectivity index (χ0v) is 11.7. The minimum atomic E-state index is -0.862. The van der Waals surface area contributed by atoms with Crippen LogP contribution in [0.1, 0.15) is 47.0 Å². The number of aliphatic carboxylic acids is 1. The molecule has 1 saturated heterocycles. The van der Waals surface area contributed by atoms with E-state index in [1.165, 1.54) is 0 Å². The Morgan fingerprint density at radius 2 is 1.71 bits per heavy atom. The molecular formula is C14H25NO2. The molecule has 0 spiro atoms. The SMILES string of the molecule is C=C(CC1CC(C)(C)N(C)C(C)(C)C1)C(=O)O. The maximum Gasteiger partial charge on any atom is 0.330 e. The minimum absolute atomic E-state index is 0.116. The van der Waals surface area contributed by atoms with Crippen molar-refractivity contribution in [1.82, 2.24) is 4.90 Å². The van der Waals surface area contributed by atoms with Gasteiger partial charge in [0.2, 0.25) is 0 Å². The fourth-order valence-electron chi connectivity index (χ4n) is 3.16. The highest BCUT2D eigenvalue weighted by Crippen LogP contribution is 2.42. The summed E-state index contributed by atoms with van der Waals surface area (Å²) < 4.78 is 0. The van der Waals surface area contributed by atoms with Crippen molar-refractivity contribution in [2.75, 3.05) is 7.05 Å². The molecule has 1 aliphatic heterocycles. The maximum absolute atomic E-state index is 10.9. The van der Waals surface area contributed by atoms with Crippen molar-refractivity contribution in [3.8, 4) is 0 Å². The second-order valence-corrected chi connectivity index (χ2v) is 6.57. The van der Waals surface area contributed by atoms with Gasteiger partial charge in [0.05, 0.1) is 0 Å².